The molecule has 0 saturated carbocycles. The topological polar surface area (TPSA) is 106 Å². The van der Waals surface area contributed by atoms with Crippen molar-refractivity contribution in [2.24, 2.45) is 0 Å². The van der Waals surface area contributed by atoms with Gasteiger partial charge in [-0.2, -0.15) is 10.4 Å². The van der Waals surface area contributed by atoms with Crippen LogP contribution in [0.15, 0.2) is 54.9 Å². The van der Waals surface area contributed by atoms with E-state index in [1.54, 1.807) is 6.20 Å². The van der Waals surface area contributed by atoms with E-state index in [0.29, 0.717) is 31.7 Å². The second-order valence-corrected chi connectivity index (χ2v) is 11.3. The van der Waals surface area contributed by atoms with Crippen molar-refractivity contribution in [1.82, 2.24) is 19.6 Å². The number of aromatic nitrogens is 2. The molecule has 3 heterocycles. The summed E-state index contributed by atoms with van der Waals surface area (Å²) in [5.41, 5.74) is 5.94. The normalized spacial score (nSPS) is 21.6. The summed E-state index contributed by atoms with van der Waals surface area (Å²) in [5, 5.41) is 23.8. The highest BCUT2D eigenvalue weighted by atomic mass is 16.4. The van der Waals surface area contributed by atoms with Gasteiger partial charge in [0.1, 0.15) is 0 Å². The number of fused-ring (bicyclic) bond motifs is 3. The fourth-order valence-electron chi connectivity index (χ4n) is 6.75. The summed E-state index contributed by atoms with van der Waals surface area (Å²) >= 11 is 0. The van der Waals surface area contributed by atoms with Crippen LogP contribution in [0.3, 0.4) is 0 Å². The molecule has 0 unspecified atom stereocenters. The molecule has 0 radical (unpaired) electrons. The molecular formula is C30H32N6O3. The van der Waals surface area contributed by atoms with Gasteiger partial charge in [0.15, 0.2) is 0 Å². The number of benzene rings is 2. The standard InChI is InChI=1S/C30H32N6O3/c1-20-13-32-34(14-20)16-25-17-35(29(38)39)21(2)15-33(25)18-28(37)36-19-30(10-23-5-3-4-6-24(23)11-30)26-8-7-22(12-31)9-27(26)36/h3-9,13-14,21,25H,10-11,15-19H2,1-2H3,(H,38,39)/t21-,25+/m1/s1. The molecule has 2 atom stereocenters. The number of rotatable bonds is 4. The van der Waals surface area contributed by atoms with Crippen molar-refractivity contribution in [3.8, 4) is 6.07 Å². The Hall–Kier alpha value is -4.16. The summed E-state index contributed by atoms with van der Waals surface area (Å²) < 4.78 is 1.82. The number of anilines is 1. The van der Waals surface area contributed by atoms with Crippen LogP contribution in [0, 0.1) is 18.3 Å². The molecule has 1 saturated heterocycles. The highest BCUT2D eigenvalue weighted by molar-refractivity contribution is 5.98. The van der Waals surface area contributed by atoms with Crippen LogP contribution in [0.25, 0.3) is 0 Å². The summed E-state index contributed by atoms with van der Waals surface area (Å²) in [7, 11) is 0. The van der Waals surface area contributed by atoms with E-state index in [0.717, 1.165) is 29.7 Å². The monoisotopic (exact) mass is 524 g/mol. The Labute approximate surface area is 227 Å². The lowest BCUT2D eigenvalue weighted by atomic mass is 9.79. The van der Waals surface area contributed by atoms with Crippen molar-refractivity contribution in [2.75, 3.05) is 31.1 Å². The number of carbonyl (C=O) groups is 2. The number of hydrogen-bond acceptors (Lipinski definition) is 5. The summed E-state index contributed by atoms with van der Waals surface area (Å²) in [6, 6.07) is 16.0. The third-order valence-electron chi connectivity index (χ3n) is 8.63. The third-order valence-corrected chi connectivity index (χ3v) is 8.63. The Balaban J connectivity index is 1.29. The van der Waals surface area contributed by atoms with E-state index >= 15 is 0 Å². The Morgan fingerprint density at radius 3 is 2.54 bits per heavy atom. The minimum Gasteiger partial charge on any atom is -0.465 e. The van der Waals surface area contributed by atoms with Crippen molar-refractivity contribution in [1.29, 1.82) is 5.26 Å². The van der Waals surface area contributed by atoms with Crippen molar-refractivity contribution in [3.05, 3.63) is 82.7 Å². The predicted octanol–water partition coefficient (Wildman–Crippen LogP) is 3.20. The maximum absolute atomic E-state index is 14.1. The van der Waals surface area contributed by atoms with Gasteiger partial charge in [-0.15, -0.1) is 0 Å². The minimum absolute atomic E-state index is 0.0307. The molecule has 0 bridgehead atoms. The van der Waals surface area contributed by atoms with Gasteiger partial charge in [-0.3, -0.25) is 14.4 Å². The number of carboxylic acid groups (broad SMARTS) is 1. The fraction of sp³-hybridized carbons (Fsp3) is 0.400. The first-order valence-electron chi connectivity index (χ1n) is 13.4. The second kappa shape index (κ2) is 9.54. The van der Waals surface area contributed by atoms with Crippen molar-refractivity contribution < 1.29 is 14.7 Å². The third kappa shape index (κ3) is 4.45. The summed E-state index contributed by atoms with van der Waals surface area (Å²) in [6.45, 7) is 5.84. The van der Waals surface area contributed by atoms with E-state index in [4.69, 9.17) is 0 Å². The van der Waals surface area contributed by atoms with E-state index in [1.807, 2.05) is 47.8 Å². The summed E-state index contributed by atoms with van der Waals surface area (Å²) in [5.74, 6) is -0.0307. The molecule has 1 fully saturated rings. The number of aryl methyl sites for hydroxylation is 1. The van der Waals surface area contributed by atoms with Crippen LogP contribution in [0.5, 0.6) is 0 Å². The van der Waals surface area contributed by atoms with E-state index in [2.05, 4.69) is 40.3 Å². The van der Waals surface area contributed by atoms with Crippen LogP contribution in [-0.4, -0.2) is 74.9 Å². The highest BCUT2D eigenvalue weighted by Gasteiger charge is 2.48. The van der Waals surface area contributed by atoms with Crippen molar-refractivity contribution >= 4 is 17.7 Å². The SMILES string of the molecule is Cc1cnn(C[C@H]2CN(C(=O)O)[C@H](C)CN2CC(=O)N2CC3(Cc4ccccc4C3)c3ccc(C#N)cc32)c1. The number of hydrogen-bond donors (Lipinski definition) is 1. The molecule has 1 N–H and O–H groups in total. The van der Waals surface area contributed by atoms with E-state index in [9.17, 15) is 20.0 Å². The van der Waals surface area contributed by atoms with E-state index in [-0.39, 0.29) is 30.0 Å². The first-order valence-corrected chi connectivity index (χ1v) is 13.4. The van der Waals surface area contributed by atoms with Crippen LogP contribution in [0.1, 0.15) is 34.7 Å². The van der Waals surface area contributed by atoms with Gasteiger partial charge >= 0.3 is 6.09 Å². The van der Waals surface area contributed by atoms with Crippen molar-refractivity contribution in [2.45, 2.75) is 50.7 Å². The minimum atomic E-state index is -0.949. The number of nitrogens with zero attached hydrogens (tertiary/aromatic N) is 6. The van der Waals surface area contributed by atoms with Crippen LogP contribution >= 0.6 is 0 Å². The van der Waals surface area contributed by atoms with Gasteiger partial charge in [0.05, 0.1) is 30.9 Å². The zero-order chi connectivity index (χ0) is 27.3. The van der Waals surface area contributed by atoms with Gasteiger partial charge in [0, 0.05) is 49.0 Å². The lowest BCUT2D eigenvalue weighted by molar-refractivity contribution is -0.121. The Kier molecular flexibility index (Phi) is 6.15. The number of amides is 2. The molecule has 39 heavy (non-hydrogen) atoms. The molecule has 3 aliphatic rings. The first kappa shape index (κ1) is 25.1. The molecule has 1 spiro atoms. The van der Waals surface area contributed by atoms with Gasteiger partial charge in [-0.1, -0.05) is 30.3 Å². The Morgan fingerprint density at radius 1 is 1.15 bits per heavy atom. The maximum atomic E-state index is 14.1. The van der Waals surface area contributed by atoms with Crippen LogP contribution in [0.2, 0.25) is 0 Å². The van der Waals surface area contributed by atoms with Gasteiger partial charge in [-0.25, -0.2) is 4.79 Å². The molecular weight excluding hydrogens is 492 g/mol. The molecule has 1 aliphatic carbocycles. The van der Waals surface area contributed by atoms with Gasteiger partial charge < -0.3 is 14.9 Å². The van der Waals surface area contributed by atoms with Crippen molar-refractivity contribution in [3.63, 3.8) is 0 Å². The van der Waals surface area contributed by atoms with Crippen LogP contribution < -0.4 is 4.90 Å². The summed E-state index contributed by atoms with van der Waals surface area (Å²) in [4.78, 5) is 31.4. The Bertz CT molecular complexity index is 1460. The molecule has 200 valence electrons. The highest BCUT2D eigenvalue weighted by Crippen LogP contribution is 2.49. The molecule has 9 heteroatoms. The number of piperazine rings is 1. The molecule has 9 nitrogen and oxygen atoms in total. The molecule has 6 rings (SSSR count). The fourth-order valence-corrected chi connectivity index (χ4v) is 6.75. The largest absolute Gasteiger partial charge is 0.465 e. The van der Waals surface area contributed by atoms with Gasteiger partial charge in [0.2, 0.25) is 5.91 Å². The Morgan fingerprint density at radius 2 is 1.90 bits per heavy atom. The molecule has 2 aliphatic heterocycles. The number of carbonyl (C=O) groups excluding carboxylic acids is 1. The smallest absolute Gasteiger partial charge is 0.407 e. The van der Waals surface area contributed by atoms with E-state index < -0.39 is 6.09 Å². The lowest BCUT2D eigenvalue weighted by Crippen LogP contribution is -2.61. The maximum Gasteiger partial charge on any atom is 0.407 e. The predicted molar refractivity (Wildman–Crippen MR) is 146 cm³/mol. The zero-order valence-electron chi connectivity index (χ0n) is 22.2. The average Bonchev–Trinajstić information content (AvgIpc) is 3.59. The van der Waals surface area contributed by atoms with Gasteiger partial charge in [0.25, 0.3) is 0 Å². The molecule has 2 aromatic carbocycles. The second-order valence-electron chi connectivity index (χ2n) is 11.3. The lowest BCUT2D eigenvalue weighted by Gasteiger charge is -2.44. The zero-order valence-corrected chi connectivity index (χ0v) is 22.2. The first-order chi connectivity index (χ1) is 18.8. The van der Waals surface area contributed by atoms with Crippen LogP contribution in [0.4, 0.5) is 10.5 Å². The quantitative estimate of drug-likeness (QED) is 0.562. The number of nitriles is 1. The molecule has 2 amide bonds. The average molecular weight is 525 g/mol. The van der Waals surface area contributed by atoms with Gasteiger partial charge in [-0.05, 0) is 61.1 Å². The summed E-state index contributed by atoms with van der Waals surface area (Å²) in [6.07, 6.45) is 4.49. The molecule has 3 aromatic rings. The van der Waals surface area contributed by atoms with E-state index in [1.165, 1.54) is 16.0 Å². The van der Waals surface area contributed by atoms with Crippen LogP contribution in [-0.2, 0) is 29.6 Å². The molecule has 1 aromatic heterocycles.